The summed E-state index contributed by atoms with van der Waals surface area (Å²) in [5, 5.41) is 8.31. The van der Waals surface area contributed by atoms with E-state index in [1.54, 1.807) is 6.20 Å². The van der Waals surface area contributed by atoms with Crippen molar-refractivity contribution in [3.05, 3.63) is 22.7 Å². The molecule has 0 amide bonds. The van der Waals surface area contributed by atoms with Crippen molar-refractivity contribution in [3.63, 3.8) is 0 Å². The fraction of sp³-hybridized carbons (Fsp3) is 0.500. The van der Waals surface area contributed by atoms with Crippen LogP contribution in [0.3, 0.4) is 0 Å². The molecule has 5 nitrogen and oxygen atoms in total. The highest BCUT2D eigenvalue weighted by Crippen LogP contribution is 2.17. The lowest BCUT2D eigenvalue weighted by atomic mass is 10.4. The summed E-state index contributed by atoms with van der Waals surface area (Å²) in [6, 6.07) is 0.0370. The van der Waals surface area contributed by atoms with Crippen LogP contribution in [0.2, 0.25) is 0 Å². The number of aromatic nitrogens is 2. The van der Waals surface area contributed by atoms with E-state index in [1.807, 2.05) is 13.8 Å². The van der Waals surface area contributed by atoms with Crippen LogP contribution in [0, 0.1) is 0 Å². The van der Waals surface area contributed by atoms with E-state index in [2.05, 4.69) is 4.98 Å². The fourth-order valence-corrected chi connectivity index (χ4v) is 1.88. The van der Waals surface area contributed by atoms with Gasteiger partial charge in [-0.3, -0.25) is 9.59 Å². The van der Waals surface area contributed by atoms with Crippen molar-refractivity contribution < 1.29 is 9.90 Å². The van der Waals surface area contributed by atoms with Gasteiger partial charge in [0.2, 0.25) is 0 Å². The molecule has 16 heavy (non-hydrogen) atoms. The normalized spacial score (nSPS) is 12.8. The minimum atomic E-state index is -0.953. The predicted octanol–water partition coefficient (Wildman–Crippen LogP) is 1.39. The summed E-state index contributed by atoms with van der Waals surface area (Å²) in [4.78, 5) is 26.4. The van der Waals surface area contributed by atoms with Crippen LogP contribution >= 0.6 is 11.8 Å². The Morgan fingerprint density at radius 2 is 2.12 bits per heavy atom. The second-order valence-corrected chi connectivity index (χ2v) is 4.97. The Balaban J connectivity index is 3.03. The molecule has 0 spiro atoms. The second-order valence-electron chi connectivity index (χ2n) is 3.64. The van der Waals surface area contributed by atoms with E-state index in [-0.39, 0.29) is 16.6 Å². The molecule has 0 saturated heterocycles. The lowest BCUT2D eigenvalue weighted by Crippen LogP contribution is -2.25. The number of carboxylic acids is 1. The number of carbonyl (C=O) groups is 1. The van der Waals surface area contributed by atoms with Crippen LogP contribution < -0.4 is 5.56 Å². The first-order valence-electron chi connectivity index (χ1n) is 4.90. The molecule has 1 aromatic rings. The van der Waals surface area contributed by atoms with Crippen molar-refractivity contribution in [2.75, 3.05) is 0 Å². The highest BCUT2D eigenvalue weighted by Gasteiger charge is 2.16. The molecular weight excluding hydrogens is 228 g/mol. The van der Waals surface area contributed by atoms with Gasteiger partial charge < -0.3 is 9.67 Å². The summed E-state index contributed by atoms with van der Waals surface area (Å²) in [6.45, 7) is 5.30. The zero-order valence-corrected chi connectivity index (χ0v) is 10.2. The Bertz CT molecular complexity index is 442. The standard InChI is InChI=1S/C10H14N2O3S/c1-6(2)12-5-4-11-8(9(12)13)16-7(3)10(14)15/h4-7H,1-3H3,(H,14,15). The van der Waals surface area contributed by atoms with Crippen LogP contribution in [0.25, 0.3) is 0 Å². The molecule has 0 aliphatic carbocycles. The van der Waals surface area contributed by atoms with Gasteiger partial charge >= 0.3 is 5.97 Å². The molecular formula is C10H14N2O3S. The second kappa shape index (κ2) is 5.16. The number of rotatable bonds is 4. The average molecular weight is 242 g/mol. The number of hydrogen-bond acceptors (Lipinski definition) is 4. The number of thioether (sulfide) groups is 1. The molecule has 0 aliphatic rings. The molecule has 1 rings (SSSR count). The maximum Gasteiger partial charge on any atom is 0.316 e. The maximum absolute atomic E-state index is 11.9. The first-order valence-corrected chi connectivity index (χ1v) is 5.78. The number of hydrogen-bond donors (Lipinski definition) is 1. The van der Waals surface area contributed by atoms with Crippen molar-refractivity contribution in [2.45, 2.75) is 37.1 Å². The molecule has 0 aromatic carbocycles. The number of aliphatic carboxylic acids is 1. The molecule has 0 saturated carbocycles. The van der Waals surface area contributed by atoms with E-state index in [1.165, 1.54) is 17.7 Å². The van der Waals surface area contributed by atoms with Gasteiger partial charge in [-0.05, 0) is 20.8 Å². The monoisotopic (exact) mass is 242 g/mol. The SMILES string of the molecule is CC(Sc1nccn(C(C)C)c1=O)C(=O)O. The van der Waals surface area contributed by atoms with Gasteiger partial charge in [0.05, 0.1) is 0 Å². The van der Waals surface area contributed by atoms with Gasteiger partial charge in [0, 0.05) is 18.4 Å². The molecule has 1 N–H and O–H groups in total. The molecule has 0 radical (unpaired) electrons. The molecule has 0 fully saturated rings. The van der Waals surface area contributed by atoms with Crippen molar-refractivity contribution in [3.8, 4) is 0 Å². The lowest BCUT2D eigenvalue weighted by Gasteiger charge is -2.11. The Morgan fingerprint density at radius 1 is 1.50 bits per heavy atom. The van der Waals surface area contributed by atoms with Gasteiger partial charge in [0.1, 0.15) is 5.25 Å². The van der Waals surface area contributed by atoms with E-state index >= 15 is 0 Å². The predicted molar refractivity (Wildman–Crippen MR) is 61.8 cm³/mol. The zero-order chi connectivity index (χ0) is 12.3. The van der Waals surface area contributed by atoms with Crippen LogP contribution in [0.5, 0.6) is 0 Å². The van der Waals surface area contributed by atoms with E-state index < -0.39 is 11.2 Å². The third kappa shape index (κ3) is 2.85. The van der Waals surface area contributed by atoms with Gasteiger partial charge in [-0.25, -0.2) is 4.98 Å². The van der Waals surface area contributed by atoms with Crippen molar-refractivity contribution >= 4 is 17.7 Å². The maximum atomic E-state index is 11.9. The third-order valence-electron chi connectivity index (χ3n) is 2.03. The lowest BCUT2D eigenvalue weighted by molar-refractivity contribution is -0.136. The Labute approximate surface area is 97.5 Å². The van der Waals surface area contributed by atoms with Crippen molar-refractivity contribution in [2.24, 2.45) is 0 Å². The van der Waals surface area contributed by atoms with Gasteiger partial charge in [-0.2, -0.15) is 0 Å². The topological polar surface area (TPSA) is 72.2 Å². The van der Waals surface area contributed by atoms with Gasteiger partial charge in [-0.1, -0.05) is 11.8 Å². The van der Waals surface area contributed by atoms with E-state index in [0.29, 0.717) is 0 Å². The fourth-order valence-electron chi connectivity index (χ4n) is 1.11. The molecule has 6 heteroatoms. The van der Waals surface area contributed by atoms with Crippen LogP contribution in [0.15, 0.2) is 22.2 Å². The van der Waals surface area contributed by atoms with Crippen LogP contribution in [0.1, 0.15) is 26.8 Å². The van der Waals surface area contributed by atoms with Crippen molar-refractivity contribution in [1.29, 1.82) is 0 Å². The van der Waals surface area contributed by atoms with E-state index in [0.717, 1.165) is 11.8 Å². The molecule has 1 aromatic heterocycles. The van der Waals surface area contributed by atoms with E-state index in [4.69, 9.17) is 5.11 Å². The quantitative estimate of drug-likeness (QED) is 0.808. The van der Waals surface area contributed by atoms with E-state index in [9.17, 15) is 9.59 Å². The van der Waals surface area contributed by atoms with Crippen LogP contribution in [-0.2, 0) is 4.79 Å². The average Bonchev–Trinajstić information content (AvgIpc) is 2.20. The zero-order valence-electron chi connectivity index (χ0n) is 9.38. The minimum Gasteiger partial charge on any atom is -0.480 e. The summed E-state index contributed by atoms with van der Waals surface area (Å²) in [5.74, 6) is -0.953. The number of carboxylic acid groups (broad SMARTS) is 1. The molecule has 0 bridgehead atoms. The van der Waals surface area contributed by atoms with Crippen LogP contribution in [-0.4, -0.2) is 25.9 Å². The summed E-state index contributed by atoms with van der Waals surface area (Å²) >= 11 is 0.966. The largest absolute Gasteiger partial charge is 0.480 e. The summed E-state index contributed by atoms with van der Waals surface area (Å²) in [5.41, 5.74) is -0.240. The highest BCUT2D eigenvalue weighted by atomic mass is 32.2. The highest BCUT2D eigenvalue weighted by molar-refractivity contribution is 8.00. The summed E-state index contributed by atoms with van der Waals surface area (Å²) in [7, 11) is 0. The van der Waals surface area contributed by atoms with Gasteiger partial charge in [-0.15, -0.1) is 0 Å². The first kappa shape index (κ1) is 12.8. The molecule has 1 unspecified atom stereocenters. The Morgan fingerprint density at radius 3 is 2.62 bits per heavy atom. The molecule has 88 valence electrons. The van der Waals surface area contributed by atoms with Gasteiger partial charge in [0.25, 0.3) is 5.56 Å². The smallest absolute Gasteiger partial charge is 0.316 e. The third-order valence-corrected chi connectivity index (χ3v) is 3.09. The number of nitrogens with zero attached hydrogens (tertiary/aromatic N) is 2. The molecule has 1 atom stereocenters. The summed E-state index contributed by atoms with van der Waals surface area (Å²) in [6.07, 6.45) is 3.11. The van der Waals surface area contributed by atoms with Crippen molar-refractivity contribution in [1.82, 2.24) is 9.55 Å². The Hall–Kier alpha value is -1.30. The first-order chi connectivity index (χ1) is 7.43. The van der Waals surface area contributed by atoms with Crippen LogP contribution in [0.4, 0.5) is 0 Å². The Kier molecular flexibility index (Phi) is 4.12. The molecule has 0 aliphatic heterocycles. The summed E-state index contributed by atoms with van der Waals surface area (Å²) < 4.78 is 1.53. The van der Waals surface area contributed by atoms with Gasteiger partial charge in [0.15, 0.2) is 5.03 Å². The minimum absolute atomic E-state index is 0.0370. The molecule has 1 heterocycles.